The Kier molecular flexibility index (Phi) is 4.53. The topological polar surface area (TPSA) is 17.8 Å². The Morgan fingerprint density at radius 1 is 0.960 bits per heavy atom. The first-order valence-corrected chi connectivity index (χ1v) is 9.03. The molecule has 0 radical (unpaired) electrons. The Labute approximate surface area is 150 Å². The molecule has 0 bridgehead atoms. The molecule has 0 aliphatic carbocycles. The highest BCUT2D eigenvalue weighted by molar-refractivity contribution is 7.99. The molecule has 1 aromatic heterocycles. The molecule has 124 valence electrons. The first kappa shape index (κ1) is 15.9. The minimum Gasteiger partial charge on any atom is -0.336 e. The Balaban J connectivity index is 1.71. The van der Waals surface area contributed by atoms with E-state index in [0.29, 0.717) is 4.90 Å². The fourth-order valence-electron chi connectivity index (χ4n) is 2.90. The van der Waals surface area contributed by atoms with Crippen LogP contribution in [0.1, 0.15) is 10.8 Å². The summed E-state index contributed by atoms with van der Waals surface area (Å²) < 4.78 is 16.2. The van der Waals surface area contributed by atoms with E-state index in [1.807, 2.05) is 35.0 Å². The molecule has 0 aliphatic heterocycles. The van der Waals surface area contributed by atoms with Crippen molar-refractivity contribution < 1.29 is 4.39 Å². The van der Waals surface area contributed by atoms with Gasteiger partial charge in [-0.3, -0.25) is 0 Å². The van der Waals surface area contributed by atoms with Gasteiger partial charge in [-0.15, -0.1) is 11.8 Å². The van der Waals surface area contributed by atoms with E-state index in [1.165, 1.54) is 22.4 Å². The molecule has 4 aromatic rings. The first-order valence-electron chi connectivity index (χ1n) is 8.15. The second kappa shape index (κ2) is 7.11. The van der Waals surface area contributed by atoms with Gasteiger partial charge in [0.05, 0.1) is 11.6 Å². The number of aromatic nitrogens is 2. The third-order valence-electron chi connectivity index (χ3n) is 4.19. The van der Waals surface area contributed by atoms with Crippen LogP contribution in [-0.4, -0.2) is 9.55 Å². The van der Waals surface area contributed by atoms with Crippen molar-refractivity contribution in [2.75, 3.05) is 0 Å². The second-order valence-electron chi connectivity index (χ2n) is 5.90. The standard InChI is InChI=1S/C21H17FN2S/c22-19-7-3-4-8-20(19)25-21(14-24-12-11-23-15-24)18-10-9-16-5-1-2-6-17(16)13-18/h1-13,15,21H,14H2. The lowest BCUT2D eigenvalue weighted by atomic mass is 10.0. The number of thioether (sulfide) groups is 1. The van der Waals surface area contributed by atoms with E-state index in [9.17, 15) is 4.39 Å². The van der Waals surface area contributed by atoms with Crippen molar-refractivity contribution in [2.45, 2.75) is 16.7 Å². The lowest BCUT2D eigenvalue weighted by molar-refractivity contribution is 0.600. The molecule has 4 heteroatoms. The molecule has 25 heavy (non-hydrogen) atoms. The lowest BCUT2D eigenvalue weighted by Crippen LogP contribution is -2.05. The van der Waals surface area contributed by atoms with Crippen LogP contribution in [0.5, 0.6) is 0 Å². The van der Waals surface area contributed by atoms with E-state index in [1.54, 1.807) is 30.4 Å². The molecule has 0 saturated carbocycles. The van der Waals surface area contributed by atoms with Crippen LogP contribution in [-0.2, 0) is 6.54 Å². The zero-order valence-electron chi connectivity index (χ0n) is 13.5. The van der Waals surface area contributed by atoms with E-state index in [2.05, 4.69) is 35.3 Å². The molecule has 4 rings (SSSR count). The van der Waals surface area contributed by atoms with Crippen LogP contribution in [0.4, 0.5) is 4.39 Å². The fourth-order valence-corrected chi connectivity index (χ4v) is 4.07. The second-order valence-corrected chi connectivity index (χ2v) is 7.15. The summed E-state index contributed by atoms with van der Waals surface area (Å²) in [7, 11) is 0. The van der Waals surface area contributed by atoms with Gasteiger partial charge in [-0.2, -0.15) is 0 Å². The van der Waals surface area contributed by atoms with Crippen LogP contribution in [0.3, 0.4) is 0 Å². The van der Waals surface area contributed by atoms with Gasteiger partial charge < -0.3 is 4.57 Å². The minimum atomic E-state index is -0.177. The van der Waals surface area contributed by atoms with Crippen LogP contribution in [0.25, 0.3) is 10.8 Å². The van der Waals surface area contributed by atoms with Crippen LogP contribution in [0, 0.1) is 5.82 Å². The van der Waals surface area contributed by atoms with Gasteiger partial charge in [0, 0.05) is 23.8 Å². The zero-order valence-corrected chi connectivity index (χ0v) is 14.4. The third-order valence-corrected chi connectivity index (χ3v) is 5.48. The molecule has 0 spiro atoms. The first-order chi connectivity index (χ1) is 12.3. The van der Waals surface area contributed by atoms with Crippen molar-refractivity contribution in [1.29, 1.82) is 0 Å². The molecule has 2 nitrogen and oxygen atoms in total. The van der Waals surface area contributed by atoms with Gasteiger partial charge in [-0.1, -0.05) is 48.5 Å². The number of hydrogen-bond acceptors (Lipinski definition) is 2. The summed E-state index contributed by atoms with van der Waals surface area (Å²) >= 11 is 1.55. The quantitative estimate of drug-likeness (QED) is 0.430. The van der Waals surface area contributed by atoms with E-state index in [4.69, 9.17) is 0 Å². The molecule has 3 aromatic carbocycles. The van der Waals surface area contributed by atoms with Crippen molar-refractivity contribution in [3.8, 4) is 0 Å². The monoisotopic (exact) mass is 348 g/mol. The summed E-state index contributed by atoms with van der Waals surface area (Å²) in [5, 5.41) is 2.50. The van der Waals surface area contributed by atoms with Crippen LogP contribution >= 0.6 is 11.8 Å². The van der Waals surface area contributed by atoms with Crippen LogP contribution in [0.15, 0.2) is 90.3 Å². The highest BCUT2D eigenvalue weighted by Gasteiger charge is 2.16. The molecule has 0 fully saturated rings. The SMILES string of the molecule is Fc1ccccc1SC(Cn1ccnc1)c1ccc2ccccc2c1. The minimum absolute atomic E-state index is 0.0932. The normalized spacial score (nSPS) is 12.4. The summed E-state index contributed by atoms with van der Waals surface area (Å²) in [5.41, 5.74) is 1.18. The number of hydrogen-bond donors (Lipinski definition) is 0. The van der Waals surface area contributed by atoms with Crippen LogP contribution in [0.2, 0.25) is 0 Å². The Bertz CT molecular complexity index is 982. The van der Waals surface area contributed by atoms with Gasteiger partial charge in [-0.25, -0.2) is 9.37 Å². The fraction of sp³-hybridized carbons (Fsp3) is 0.0952. The van der Waals surface area contributed by atoms with Crippen molar-refractivity contribution >= 4 is 22.5 Å². The van der Waals surface area contributed by atoms with E-state index >= 15 is 0 Å². The van der Waals surface area contributed by atoms with Crippen molar-refractivity contribution in [3.05, 3.63) is 96.8 Å². The highest BCUT2D eigenvalue weighted by atomic mass is 32.2. The third kappa shape index (κ3) is 3.59. The molecule has 0 amide bonds. The largest absolute Gasteiger partial charge is 0.336 e. The molecule has 0 aliphatic rings. The number of imidazole rings is 1. The number of rotatable bonds is 5. The van der Waals surface area contributed by atoms with Crippen molar-refractivity contribution in [1.82, 2.24) is 9.55 Å². The Morgan fingerprint density at radius 2 is 1.76 bits per heavy atom. The summed E-state index contributed by atoms with van der Waals surface area (Å²) in [5.74, 6) is -0.177. The molecule has 1 atom stereocenters. The number of benzene rings is 3. The average Bonchev–Trinajstić information content (AvgIpc) is 3.16. The van der Waals surface area contributed by atoms with Gasteiger partial charge in [0.2, 0.25) is 0 Å². The van der Waals surface area contributed by atoms with Gasteiger partial charge in [0.1, 0.15) is 5.82 Å². The predicted octanol–water partition coefficient (Wildman–Crippen LogP) is 5.71. The van der Waals surface area contributed by atoms with E-state index < -0.39 is 0 Å². The number of fused-ring (bicyclic) bond motifs is 1. The smallest absolute Gasteiger partial charge is 0.136 e. The van der Waals surface area contributed by atoms with E-state index in [-0.39, 0.29) is 11.1 Å². The summed E-state index contributed by atoms with van der Waals surface area (Å²) in [6.45, 7) is 0.733. The lowest BCUT2D eigenvalue weighted by Gasteiger charge is -2.19. The molecule has 1 heterocycles. The molecule has 0 saturated heterocycles. The molecular weight excluding hydrogens is 331 g/mol. The number of halogens is 1. The highest BCUT2D eigenvalue weighted by Crippen LogP contribution is 2.38. The molecular formula is C21H17FN2S. The van der Waals surface area contributed by atoms with Gasteiger partial charge in [0.15, 0.2) is 0 Å². The van der Waals surface area contributed by atoms with Crippen LogP contribution < -0.4 is 0 Å². The predicted molar refractivity (Wildman–Crippen MR) is 101 cm³/mol. The summed E-state index contributed by atoms with van der Waals surface area (Å²) in [6.07, 6.45) is 5.51. The number of nitrogens with zero attached hydrogens (tertiary/aromatic N) is 2. The maximum absolute atomic E-state index is 14.2. The van der Waals surface area contributed by atoms with Gasteiger partial charge in [0.25, 0.3) is 0 Å². The average molecular weight is 348 g/mol. The summed E-state index contributed by atoms with van der Waals surface area (Å²) in [6, 6.07) is 21.7. The van der Waals surface area contributed by atoms with Crippen molar-refractivity contribution in [3.63, 3.8) is 0 Å². The summed E-state index contributed by atoms with van der Waals surface area (Å²) in [4.78, 5) is 4.79. The molecule has 1 unspecified atom stereocenters. The van der Waals surface area contributed by atoms with Crippen molar-refractivity contribution in [2.24, 2.45) is 0 Å². The van der Waals surface area contributed by atoms with E-state index in [0.717, 1.165) is 6.54 Å². The maximum Gasteiger partial charge on any atom is 0.136 e. The van der Waals surface area contributed by atoms with Gasteiger partial charge >= 0.3 is 0 Å². The zero-order chi connectivity index (χ0) is 17.1. The Hall–Kier alpha value is -2.59. The van der Waals surface area contributed by atoms with Gasteiger partial charge in [-0.05, 0) is 34.5 Å². The maximum atomic E-state index is 14.2. The Morgan fingerprint density at radius 3 is 2.56 bits per heavy atom. The molecule has 0 N–H and O–H groups in total.